The van der Waals surface area contributed by atoms with Gasteiger partial charge in [-0.1, -0.05) is 46.5 Å². The molecule has 0 aromatic carbocycles. The number of hydrogen-bond donors (Lipinski definition) is 2. The van der Waals surface area contributed by atoms with E-state index in [0.29, 0.717) is 19.3 Å². The van der Waals surface area contributed by atoms with Crippen molar-refractivity contribution in [3.8, 4) is 0 Å². The summed E-state index contributed by atoms with van der Waals surface area (Å²) in [7, 11) is 0. The molecule has 2 N–H and O–H groups in total. The zero-order valence-electron chi connectivity index (χ0n) is 12.4. The number of rotatable bonds is 11. The Labute approximate surface area is 116 Å². The van der Waals surface area contributed by atoms with E-state index in [9.17, 15) is 19.8 Å². The summed E-state index contributed by atoms with van der Waals surface area (Å²) in [5.41, 5.74) is 0. The van der Waals surface area contributed by atoms with Gasteiger partial charge in [-0.2, -0.15) is 0 Å². The van der Waals surface area contributed by atoms with E-state index in [-0.39, 0.29) is 5.92 Å². The fourth-order valence-corrected chi connectivity index (χ4v) is 2.81. The predicted octanol–water partition coefficient (Wildman–Crippen LogP) is 3.79. The zero-order valence-corrected chi connectivity index (χ0v) is 12.4. The quantitative estimate of drug-likeness (QED) is 0.561. The number of aliphatic carboxylic acids is 2. The van der Waals surface area contributed by atoms with E-state index in [1.807, 2.05) is 13.8 Å². The van der Waals surface area contributed by atoms with Gasteiger partial charge in [-0.15, -0.1) is 0 Å². The monoisotopic (exact) mass is 272 g/mol. The van der Waals surface area contributed by atoms with Crippen molar-refractivity contribution in [2.24, 2.45) is 17.8 Å². The first-order chi connectivity index (χ1) is 8.99. The first-order valence-electron chi connectivity index (χ1n) is 7.45. The third kappa shape index (κ3) is 6.08. The second kappa shape index (κ2) is 9.82. The standard InChI is InChI=1S/C15H28O4/c1-4-7-8-9-10-13(11(5-2)14(16)17)12(6-3)15(18)19/h11-13H,4-10H2,1-3H3,(H,16,17)(H,18,19). The van der Waals surface area contributed by atoms with Gasteiger partial charge in [0.15, 0.2) is 0 Å². The number of carbonyl (C=O) groups is 2. The van der Waals surface area contributed by atoms with Gasteiger partial charge in [0.05, 0.1) is 11.8 Å². The zero-order chi connectivity index (χ0) is 14.8. The van der Waals surface area contributed by atoms with Crippen LogP contribution in [0.2, 0.25) is 0 Å². The van der Waals surface area contributed by atoms with Crippen LogP contribution in [0.4, 0.5) is 0 Å². The molecule has 0 bridgehead atoms. The molecule has 0 saturated heterocycles. The van der Waals surface area contributed by atoms with E-state index in [2.05, 4.69) is 6.92 Å². The first-order valence-corrected chi connectivity index (χ1v) is 7.45. The Balaban J connectivity index is 4.79. The molecule has 0 fully saturated rings. The second-order valence-corrected chi connectivity index (χ2v) is 5.22. The van der Waals surface area contributed by atoms with E-state index in [1.54, 1.807) is 0 Å². The largest absolute Gasteiger partial charge is 0.481 e. The number of carboxylic acids is 2. The maximum Gasteiger partial charge on any atom is 0.306 e. The predicted molar refractivity (Wildman–Crippen MR) is 75.1 cm³/mol. The lowest BCUT2D eigenvalue weighted by atomic mass is 9.76. The fraction of sp³-hybridized carbons (Fsp3) is 0.867. The number of hydrogen-bond acceptors (Lipinski definition) is 2. The summed E-state index contributed by atoms with van der Waals surface area (Å²) >= 11 is 0. The summed E-state index contributed by atoms with van der Waals surface area (Å²) in [4.78, 5) is 22.6. The van der Waals surface area contributed by atoms with Crippen molar-refractivity contribution in [2.45, 2.75) is 65.7 Å². The molecule has 0 saturated carbocycles. The normalized spacial score (nSPS) is 15.7. The highest BCUT2D eigenvalue weighted by atomic mass is 16.4. The smallest absolute Gasteiger partial charge is 0.306 e. The molecule has 0 radical (unpaired) electrons. The van der Waals surface area contributed by atoms with Crippen molar-refractivity contribution in [3.05, 3.63) is 0 Å². The van der Waals surface area contributed by atoms with Gasteiger partial charge < -0.3 is 10.2 Å². The average molecular weight is 272 g/mol. The lowest BCUT2D eigenvalue weighted by molar-refractivity contribution is -0.150. The highest BCUT2D eigenvalue weighted by Gasteiger charge is 2.35. The summed E-state index contributed by atoms with van der Waals surface area (Å²) in [5.74, 6) is -3.04. The molecule has 0 aromatic heterocycles. The topological polar surface area (TPSA) is 74.6 Å². The van der Waals surface area contributed by atoms with E-state index in [0.717, 1.165) is 25.7 Å². The summed E-state index contributed by atoms with van der Waals surface area (Å²) in [6, 6.07) is 0. The highest BCUT2D eigenvalue weighted by molar-refractivity contribution is 5.74. The van der Waals surface area contributed by atoms with Gasteiger partial charge in [-0.3, -0.25) is 9.59 Å². The van der Waals surface area contributed by atoms with Crippen LogP contribution >= 0.6 is 0 Å². The Morgan fingerprint density at radius 2 is 1.32 bits per heavy atom. The first kappa shape index (κ1) is 17.9. The van der Waals surface area contributed by atoms with Crippen molar-refractivity contribution in [1.82, 2.24) is 0 Å². The van der Waals surface area contributed by atoms with Crippen molar-refractivity contribution < 1.29 is 19.8 Å². The van der Waals surface area contributed by atoms with Crippen molar-refractivity contribution in [2.75, 3.05) is 0 Å². The van der Waals surface area contributed by atoms with Crippen LogP contribution in [0.3, 0.4) is 0 Å². The summed E-state index contributed by atoms with van der Waals surface area (Å²) in [5, 5.41) is 18.6. The molecule has 2 atom stereocenters. The minimum Gasteiger partial charge on any atom is -0.481 e. The van der Waals surface area contributed by atoms with Gasteiger partial charge in [0, 0.05) is 0 Å². The Bertz CT molecular complexity index is 253. The highest BCUT2D eigenvalue weighted by Crippen LogP contribution is 2.32. The third-order valence-electron chi connectivity index (χ3n) is 3.94. The van der Waals surface area contributed by atoms with Crippen LogP contribution in [0.1, 0.15) is 65.7 Å². The maximum atomic E-state index is 11.3. The second-order valence-electron chi connectivity index (χ2n) is 5.22. The lowest BCUT2D eigenvalue weighted by Crippen LogP contribution is -2.33. The molecule has 0 heterocycles. The van der Waals surface area contributed by atoms with E-state index in [1.165, 1.54) is 0 Å². The van der Waals surface area contributed by atoms with Gasteiger partial charge in [-0.05, 0) is 25.2 Å². The summed E-state index contributed by atoms with van der Waals surface area (Å²) in [6.45, 7) is 5.77. The molecule has 19 heavy (non-hydrogen) atoms. The van der Waals surface area contributed by atoms with Crippen LogP contribution in [0, 0.1) is 17.8 Å². The number of unbranched alkanes of at least 4 members (excludes halogenated alkanes) is 3. The van der Waals surface area contributed by atoms with Gasteiger partial charge >= 0.3 is 11.9 Å². The molecule has 4 nitrogen and oxygen atoms in total. The molecule has 4 heteroatoms. The van der Waals surface area contributed by atoms with Gasteiger partial charge in [0.1, 0.15) is 0 Å². The van der Waals surface area contributed by atoms with Crippen molar-refractivity contribution in [3.63, 3.8) is 0 Å². The molecule has 0 amide bonds. The van der Waals surface area contributed by atoms with Gasteiger partial charge in [0.25, 0.3) is 0 Å². The third-order valence-corrected chi connectivity index (χ3v) is 3.94. The molecular formula is C15H28O4. The Morgan fingerprint density at radius 1 is 0.842 bits per heavy atom. The van der Waals surface area contributed by atoms with Gasteiger partial charge in [0.2, 0.25) is 0 Å². The van der Waals surface area contributed by atoms with Crippen molar-refractivity contribution >= 4 is 11.9 Å². The number of carboxylic acid groups (broad SMARTS) is 2. The molecule has 112 valence electrons. The van der Waals surface area contributed by atoms with Crippen LogP contribution in [0.25, 0.3) is 0 Å². The average Bonchev–Trinajstić information content (AvgIpc) is 2.34. The van der Waals surface area contributed by atoms with Crippen LogP contribution < -0.4 is 0 Å². The van der Waals surface area contributed by atoms with Crippen LogP contribution in [0.5, 0.6) is 0 Å². The molecule has 0 spiro atoms. The molecule has 2 unspecified atom stereocenters. The Kier molecular flexibility index (Phi) is 9.27. The molecule has 0 aromatic rings. The van der Waals surface area contributed by atoms with E-state index >= 15 is 0 Å². The molecule has 0 aliphatic carbocycles. The minimum absolute atomic E-state index is 0.248. The van der Waals surface area contributed by atoms with Crippen LogP contribution in [-0.4, -0.2) is 22.2 Å². The molecule has 0 aliphatic heterocycles. The Morgan fingerprint density at radius 3 is 1.63 bits per heavy atom. The van der Waals surface area contributed by atoms with Crippen LogP contribution in [-0.2, 0) is 9.59 Å². The molecular weight excluding hydrogens is 244 g/mol. The minimum atomic E-state index is -0.859. The van der Waals surface area contributed by atoms with Gasteiger partial charge in [-0.25, -0.2) is 0 Å². The SMILES string of the molecule is CCCCCCC(C(CC)C(=O)O)C(CC)C(=O)O. The summed E-state index contributed by atoms with van der Waals surface area (Å²) in [6.07, 6.45) is 5.92. The summed E-state index contributed by atoms with van der Waals surface area (Å²) < 4.78 is 0. The molecule has 0 aliphatic rings. The van der Waals surface area contributed by atoms with E-state index in [4.69, 9.17) is 0 Å². The Hall–Kier alpha value is -1.06. The maximum absolute atomic E-state index is 11.3. The lowest BCUT2D eigenvalue weighted by Gasteiger charge is -2.28. The fourth-order valence-electron chi connectivity index (χ4n) is 2.81. The van der Waals surface area contributed by atoms with E-state index < -0.39 is 23.8 Å². The van der Waals surface area contributed by atoms with Crippen molar-refractivity contribution in [1.29, 1.82) is 0 Å². The van der Waals surface area contributed by atoms with Crippen LogP contribution in [0.15, 0.2) is 0 Å². The molecule has 0 rings (SSSR count).